The first kappa shape index (κ1) is 11.2. The Labute approximate surface area is 86.7 Å². The summed E-state index contributed by atoms with van der Waals surface area (Å²) >= 11 is 0. The summed E-state index contributed by atoms with van der Waals surface area (Å²) in [7, 11) is 0. The lowest BCUT2D eigenvalue weighted by Gasteiger charge is -2.24. The quantitative estimate of drug-likeness (QED) is 0.721. The van der Waals surface area contributed by atoms with E-state index in [4.69, 9.17) is 5.73 Å². The van der Waals surface area contributed by atoms with Crippen LogP contribution >= 0.6 is 0 Å². The zero-order valence-electron chi connectivity index (χ0n) is 9.11. The number of likely N-dealkylation sites (N-methyl/N-ethyl adjacent to an activating group) is 1. The number of hydrogen-bond donors (Lipinski definition) is 1. The molecule has 0 aliphatic rings. The summed E-state index contributed by atoms with van der Waals surface area (Å²) in [5, 5.41) is 0. The molecule has 1 aromatic carbocycles. The van der Waals surface area contributed by atoms with Crippen LogP contribution in [0.1, 0.15) is 19.4 Å². The summed E-state index contributed by atoms with van der Waals surface area (Å²) in [6, 6.07) is 10.5. The predicted molar refractivity (Wildman–Crippen MR) is 61.0 cm³/mol. The van der Waals surface area contributed by atoms with Crippen LogP contribution in [0.25, 0.3) is 0 Å². The highest BCUT2D eigenvalue weighted by atomic mass is 15.2. The summed E-state index contributed by atoms with van der Waals surface area (Å²) in [6.07, 6.45) is 1.24. The van der Waals surface area contributed by atoms with Gasteiger partial charge in [0.25, 0.3) is 0 Å². The van der Waals surface area contributed by atoms with Gasteiger partial charge in [-0.2, -0.15) is 0 Å². The van der Waals surface area contributed by atoms with Crippen LogP contribution < -0.4 is 5.73 Å². The van der Waals surface area contributed by atoms with E-state index in [9.17, 15) is 0 Å². The molecule has 0 heterocycles. The van der Waals surface area contributed by atoms with Gasteiger partial charge in [0, 0.05) is 6.54 Å². The lowest BCUT2D eigenvalue weighted by atomic mass is 10.1. The highest BCUT2D eigenvalue weighted by Gasteiger charge is 2.06. The molecule has 2 heteroatoms. The Bertz CT molecular complexity index is 244. The van der Waals surface area contributed by atoms with Crippen LogP contribution in [0.3, 0.4) is 0 Å². The third-order valence-corrected chi connectivity index (χ3v) is 2.51. The van der Waals surface area contributed by atoms with Crippen LogP contribution in [0, 0.1) is 0 Å². The maximum atomic E-state index is 5.84. The van der Waals surface area contributed by atoms with Crippen LogP contribution in [0.5, 0.6) is 0 Å². The van der Waals surface area contributed by atoms with Gasteiger partial charge in [-0.05, 0) is 25.5 Å². The summed E-state index contributed by atoms with van der Waals surface area (Å²) in [6.45, 7) is 6.24. The third kappa shape index (κ3) is 3.48. The van der Waals surface area contributed by atoms with Crippen LogP contribution in [0.4, 0.5) is 0 Å². The van der Waals surface area contributed by atoms with E-state index < -0.39 is 0 Å². The zero-order valence-corrected chi connectivity index (χ0v) is 9.11. The normalized spacial score (nSPS) is 13.1. The van der Waals surface area contributed by atoms with Crippen molar-refractivity contribution in [2.24, 2.45) is 5.73 Å². The van der Waals surface area contributed by atoms with Crippen LogP contribution in [-0.2, 0) is 6.42 Å². The molecule has 1 unspecified atom stereocenters. The third-order valence-electron chi connectivity index (χ3n) is 2.51. The largest absolute Gasteiger partial charge is 0.316 e. The topological polar surface area (TPSA) is 29.3 Å². The lowest BCUT2D eigenvalue weighted by molar-refractivity contribution is 0.227. The van der Waals surface area contributed by atoms with Gasteiger partial charge in [0.1, 0.15) is 0 Å². The molecule has 0 saturated heterocycles. The molecule has 0 aliphatic heterocycles. The maximum absolute atomic E-state index is 5.84. The van der Waals surface area contributed by atoms with Crippen molar-refractivity contribution in [3.8, 4) is 0 Å². The average molecular weight is 192 g/mol. The second kappa shape index (κ2) is 5.78. The molecule has 1 atom stereocenters. The maximum Gasteiger partial charge on any atom is 0.0542 e. The first-order valence-corrected chi connectivity index (χ1v) is 5.27. The summed E-state index contributed by atoms with van der Waals surface area (Å²) in [5.41, 5.74) is 7.22. The van der Waals surface area contributed by atoms with Crippen molar-refractivity contribution in [1.29, 1.82) is 0 Å². The van der Waals surface area contributed by atoms with Gasteiger partial charge in [0.2, 0.25) is 0 Å². The van der Waals surface area contributed by atoms with E-state index >= 15 is 0 Å². The fraction of sp³-hybridized carbons (Fsp3) is 0.500. The molecular weight excluding hydrogens is 172 g/mol. The van der Waals surface area contributed by atoms with Gasteiger partial charge < -0.3 is 5.73 Å². The molecule has 1 rings (SSSR count). The molecule has 0 aliphatic carbocycles. The highest BCUT2D eigenvalue weighted by Crippen LogP contribution is 2.02. The van der Waals surface area contributed by atoms with Crippen molar-refractivity contribution in [1.82, 2.24) is 4.90 Å². The van der Waals surface area contributed by atoms with Crippen molar-refractivity contribution in [2.45, 2.75) is 26.4 Å². The molecule has 0 aromatic heterocycles. The Kier molecular flexibility index (Phi) is 4.63. The van der Waals surface area contributed by atoms with Crippen LogP contribution in [0.15, 0.2) is 30.3 Å². The number of nitrogens with two attached hydrogens (primary N) is 1. The van der Waals surface area contributed by atoms with Crippen molar-refractivity contribution in [3.63, 3.8) is 0 Å². The van der Waals surface area contributed by atoms with Gasteiger partial charge in [-0.1, -0.05) is 37.3 Å². The zero-order chi connectivity index (χ0) is 10.4. The van der Waals surface area contributed by atoms with E-state index in [1.807, 2.05) is 13.0 Å². The molecule has 2 nitrogen and oxygen atoms in total. The molecular formula is C12H20N2. The minimum Gasteiger partial charge on any atom is -0.316 e. The fourth-order valence-corrected chi connectivity index (χ4v) is 1.57. The first-order chi connectivity index (χ1) is 6.74. The minimum atomic E-state index is 0.156. The Morgan fingerprint density at radius 1 is 1.29 bits per heavy atom. The van der Waals surface area contributed by atoms with E-state index in [0.29, 0.717) is 0 Å². The standard InChI is InChI=1S/C12H20N2/c1-3-14(11(2)13)10-9-12-7-5-4-6-8-12/h4-8,11H,3,9-10,13H2,1-2H3. The molecule has 0 saturated carbocycles. The highest BCUT2D eigenvalue weighted by molar-refractivity contribution is 5.14. The lowest BCUT2D eigenvalue weighted by Crippen LogP contribution is -2.40. The molecule has 1 aromatic rings. The molecule has 0 spiro atoms. The Hall–Kier alpha value is -0.860. The van der Waals surface area contributed by atoms with Crippen molar-refractivity contribution in [2.75, 3.05) is 13.1 Å². The fourth-order valence-electron chi connectivity index (χ4n) is 1.57. The van der Waals surface area contributed by atoms with Gasteiger partial charge in [-0.3, -0.25) is 4.90 Å². The van der Waals surface area contributed by atoms with Crippen molar-refractivity contribution in [3.05, 3.63) is 35.9 Å². The predicted octanol–water partition coefficient (Wildman–Crippen LogP) is 1.86. The Balaban J connectivity index is 2.40. The van der Waals surface area contributed by atoms with Crippen LogP contribution in [-0.4, -0.2) is 24.2 Å². The van der Waals surface area contributed by atoms with E-state index in [2.05, 4.69) is 36.1 Å². The summed E-state index contributed by atoms with van der Waals surface area (Å²) < 4.78 is 0. The molecule has 14 heavy (non-hydrogen) atoms. The summed E-state index contributed by atoms with van der Waals surface area (Å²) in [4.78, 5) is 2.27. The molecule has 0 radical (unpaired) electrons. The first-order valence-electron chi connectivity index (χ1n) is 5.27. The SMILES string of the molecule is CCN(CCc1ccccc1)C(C)N. The second-order valence-electron chi connectivity index (χ2n) is 3.60. The van der Waals surface area contributed by atoms with E-state index in [-0.39, 0.29) is 6.17 Å². The number of benzene rings is 1. The second-order valence-corrected chi connectivity index (χ2v) is 3.60. The van der Waals surface area contributed by atoms with Crippen molar-refractivity contribution >= 4 is 0 Å². The molecule has 0 bridgehead atoms. The van der Waals surface area contributed by atoms with Crippen LogP contribution in [0.2, 0.25) is 0 Å². The monoisotopic (exact) mass is 192 g/mol. The van der Waals surface area contributed by atoms with Crippen molar-refractivity contribution < 1.29 is 0 Å². The molecule has 0 amide bonds. The average Bonchev–Trinajstić information content (AvgIpc) is 2.20. The summed E-state index contributed by atoms with van der Waals surface area (Å²) in [5.74, 6) is 0. The molecule has 78 valence electrons. The van der Waals surface area contributed by atoms with E-state index in [0.717, 1.165) is 19.5 Å². The van der Waals surface area contributed by atoms with Gasteiger partial charge in [-0.15, -0.1) is 0 Å². The van der Waals surface area contributed by atoms with Gasteiger partial charge in [-0.25, -0.2) is 0 Å². The van der Waals surface area contributed by atoms with E-state index in [1.54, 1.807) is 0 Å². The Morgan fingerprint density at radius 3 is 2.43 bits per heavy atom. The van der Waals surface area contributed by atoms with E-state index in [1.165, 1.54) is 5.56 Å². The van der Waals surface area contributed by atoms with Gasteiger partial charge in [0.15, 0.2) is 0 Å². The molecule has 2 N–H and O–H groups in total. The van der Waals surface area contributed by atoms with Gasteiger partial charge >= 0.3 is 0 Å². The number of rotatable bonds is 5. The number of nitrogens with zero attached hydrogens (tertiary/aromatic N) is 1. The molecule has 0 fully saturated rings. The minimum absolute atomic E-state index is 0.156. The Morgan fingerprint density at radius 2 is 1.93 bits per heavy atom. The number of hydrogen-bond acceptors (Lipinski definition) is 2. The smallest absolute Gasteiger partial charge is 0.0542 e. The van der Waals surface area contributed by atoms with Gasteiger partial charge in [0.05, 0.1) is 6.17 Å².